The molecule has 1 aliphatic rings. The molecule has 0 bridgehead atoms. The minimum Gasteiger partial charge on any atom is -0.340 e. The van der Waals surface area contributed by atoms with E-state index in [0.717, 1.165) is 13.1 Å². The Morgan fingerprint density at radius 2 is 2.29 bits per heavy atom. The molecule has 4 nitrogen and oxygen atoms in total. The van der Waals surface area contributed by atoms with Gasteiger partial charge in [-0.3, -0.25) is 9.69 Å². The lowest BCUT2D eigenvalue weighted by atomic mass is 10.1. The predicted octanol–water partition coefficient (Wildman–Crippen LogP) is 0.610. The van der Waals surface area contributed by atoms with Crippen LogP contribution in [0.15, 0.2) is 17.5 Å². The maximum Gasteiger partial charge on any atom is 0.236 e. The highest BCUT2D eigenvalue weighted by atomic mass is 32.1. The van der Waals surface area contributed by atoms with Crippen molar-refractivity contribution in [1.29, 1.82) is 0 Å². The van der Waals surface area contributed by atoms with E-state index in [4.69, 9.17) is 0 Å². The van der Waals surface area contributed by atoms with Crippen molar-refractivity contribution >= 4 is 17.2 Å². The van der Waals surface area contributed by atoms with Crippen LogP contribution in [0.25, 0.3) is 0 Å². The number of likely N-dealkylation sites (N-methyl/N-ethyl adjacent to an activating group) is 2. The third-order valence-electron chi connectivity index (χ3n) is 3.17. The Kier molecular flexibility index (Phi) is 4.15. The van der Waals surface area contributed by atoms with Crippen molar-refractivity contribution in [3.8, 4) is 0 Å². The van der Waals surface area contributed by atoms with E-state index in [2.05, 4.69) is 16.3 Å². The van der Waals surface area contributed by atoms with Crippen molar-refractivity contribution in [2.45, 2.75) is 12.6 Å². The first-order valence-corrected chi connectivity index (χ1v) is 6.72. The summed E-state index contributed by atoms with van der Waals surface area (Å²) in [7, 11) is 3.89. The second kappa shape index (κ2) is 5.62. The van der Waals surface area contributed by atoms with Crippen LogP contribution < -0.4 is 5.32 Å². The molecule has 1 fully saturated rings. The summed E-state index contributed by atoms with van der Waals surface area (Å²) in [5, 5.41) is 5.26. The van der Waals surface area contributed by atoms with Gasteiger partial charge in [-0.05, 0) is 18.5 Å². The van der Waals surface area contributed by atoms with Crippen LogP contribution in [0.5, 0.6) is 0 Å². The smallest absolute Gasteiger partial charge is 0.236 e. The maximum atomic E-state index is 12.0. The third-order valence-corrected chi connectivity index (χ3v) is 4.03. The first-order chi connectivity index (χ1) is 8.16. The molecule has 1 aliphatic heterocycles. The van der Waals surface area contributed by atoms with Gasteiger partial charge >= 0.3 is 0 Å². The molecule has 2 heterocycles. The van der Waals surface area contributed by atoms with Crippen molar-refractivity contribution in [1.82, 2.24) is 15.1 Å². The van der Waals surface area contributed by atoms with Crippen LogP contribution in [-0.4, -0.2) is 55.5 Å². The summed E-state index contributed by atoms with van der Waals surface area (Å²) < 4.78 is 0. The molecule has 0 aliphatic carbocycles. The molecule has 17 heavy (non-hydrogen) atoms. The van der Waals surface area contributed by atoms with Crippen molar-refractivity contribution in [3.63, 3.8) is 0 Å². The number of hydrogen-bond donors (Lipinski definition) is 1. The monoisotopic (exact) mass is 253 g/mol. The summed E-state index contributed by atoms with van der Waals surface area (Å²) in [6.45, 7) is 3.22. The van der Waals surface area contributed by atoms with Gasteiger partial charge in [0.15, 0.2) is 0 Å². The molecule has 1 amide bonds. The highest BCUT2D eigenvalue weighted by molar-refractivity contribution is 7.09. The van der Waals surface area contributed by atoms with Gasteiger partial charge in [-0.15, -0.1) is 11.3 Å². The van der Waals surface area contributed by atoms with Gasteiger partial charge in [0.1, 0.15) is 0 Å². The fourth-order valence-electron chi connectivity index (χ4n) is 1.77. The van der Waals surface area contributed by atoms with E-state index in [0.29, 0.717) is 19.1 Å². The topological polar surface area (TPSA) is 35.6 Å². The van der Waals surface area contributed by atoms with Crippen LogP contribution in [0.2, 0.25) is 0 Å². The summed E-state index contributed by atoms with van der Waals surface area (Å²) in [5.41, 5.74) is 0. The lowest BCUT2D eigenvalue weighted by Gasteiger charge is -2.35. The molecule has 94 valence electrons. The molecule has 1 aromatic heterocycles. The van der Waals surface area contributed by atoms with Crippen LogP contribution in [-0.2, 0) is 11.3 Å². The Bertz CT molecular complexity index is 362. The van der Waals surface area contributed by atoms with Crippen LogP contribution in [0.1, 0.15) is 4.88 Å². The number of hydrogen-bond acceptors (Lipinski definition) is 4. The summed E-state index contributed by atoms with van der Waals surface area (Å²) in [6, 6.07) is 4.60. The van der Waals surface area contributed by atoms with Gasteiger partial charge in [0.2, 0.25) is 5.91 Å². The van der Waals surface area contributed by atoms with E-state index in [1.54, 1.807) is 16.2 Å². The van der Waals surface area contributed by atoms with E-state index in [1.807, 2.05) is 25.5 Å². The van der Waals surface area contributed by atoms with Crippen molar-refractivity contribution in [2.24, 2.45) is 0 Å². The Morgan fingerprint density at radius 1 is 1.53 bits per heavy atom. The average molecular weight is 253 g/mol. The van der Waals surface area contributed by atoms with Crippen molar-refractivity contribution < 1.29 is 4.79 Å². The molecule has 5 heteroatoms. The molecule has 0 unspecified atom stereocenters. The normalized spacial score (nSPS) is 15.9. The Balaban J connectivity index is 1.78. The molecule has 2 rings (SSSR count). The second-order valence-electron chi connectivity index (χ2n) is 4.56. The minimum atomic E-state index is 0.188. The minimum absolute atomic E-state index is 0.188. The SMILES string of the molecule is CN(Cc1cccs1)C(=O)CN(C)C1CNC1. The number of thiophene rings is 1. The highest BCUT2D eigenvalue weighted by Crippen LogP contribution is 2.11. The second-order valence-corrected chi connectivity index (χ2v) is 5.59. The van der Waals surface area contributed by atoms with Gasteiger partial charge in [0, 0.05) is 31.1 Å². The van der Waals surface area contributed by atoms with E-state index < -0.39 is 0 Å². The summed E-state index contributed by atoms with van der Waals surface area (Å²) in [4.78, 5) is 17.2. The van der Waals surface area contributed by atoms with E-state index in [-0.39, 0.29) is 5.91 Å². The standard InChI is InChI=1S/C12H19N3OS/c1-14(10-6-13-7-10)9-12(16)15(2)8-11-4-3-5-17-11/h3-5,10,13H,6-9H2,1-2H3. The largest absolute Gasteiger partial charge is 0.340 e. The number of carbonyl (C=O) groups is 1. The van der Waals surface area contributed by atoms with Gasteiger partial charge in [-0.25, -0.2) is 0 Å². The zero-order chi connectivity index (χ0) is 12.3. The molecular weight excluding hydrogens is 234 g/mol. The van der Waals surface area contributed by atoms with Crippen LogP contribution >= 0.6 is 11.3 Å². The Morgan fingerprint density at radius 3 is 2.82 bits per heavy atom. The van der Waals surface area contributed by atoms with Crippen LogP contribution in [0, 0.1) is 0 Å². The Hall–Kier alpha value is -0.910. The molecule has 0 saturated carbocycles. The van der Waals surface area contributed by atoms with Crippen molar-refractivity contribution in [2.75, 3.05) is 33.7 Å². The van der Waals surface area contributed by atoms with Crippen LogP contribution in [0.3, 0.4) is 0 Å². The van der Waals surface area contributed by atoms with E-state index >= 15 is 0 Å². The van der Waals surface area contributed by atoms with Gasteiger partial charge in [-0.2, -0.15) is 0 Å². The molecular formula is C12H19N3OS. The van der Waals surface area contributed by atoms with E-state index in [9.17, 15) is 4.79 Å². The van der Waals surface area contributed by atoms with E-state index in [1.165, 1.54) is 4.88 Å². The van der Waals surface area contributed by atoms with Crippen LogP contribution in [0.4, 0.5) is 0 Å². The molecule has 1 N–H and O–H groups in total. The fraction of sp³-hybridized carbons (Fsp3) is 0.583. The van der Waals surface area contributed by atoms with Gasteiger partial charge in [-0.1, -0.05) is 6.07 Å². The Labute approximate surface area is 106 Å². The third kappa shape index (κ3) is 3.28. The summed E-state index contributed by atoms with van der Waals surface area (Å²) in [5.74, 6) is 0.188. The van der Waals surface area contributed by atoms with Gasteiger partial charge in [0.25, 0.3) is 0 Å². The van der Waals surface area contributed by atoms with Gasteiger partial charge < -0.3 is 10.2 Å². The zero-order valence-electron chi connectivity index (χ0n) is 10.3. The molecule has 0 atom stereocenters. The first-order valence-electron chi connectivity index (χ1n) is 5.84. The molecule has 0 radical (unpaired) electrons. The molecule has 0 spiro atoms. The average Bonchev–Trinajstić information content (AvgIpc) is 2.67. The summed E-state index contributed by atoms with van der Waals surface area (Å²) in [6.07, 6.45) is 0. The lowest BCUT2D eigenvalue weighted by Crippen LogP contribution is -2.57. The number of amides is 1. The summed E-state index contributed by atoms with van der Waals surface area (Å²) >= 11 is 1.69. The highest BCUT2D eigenvalue weighted by Gasteiger charge is 2.23. The number of rotatable bonds is 5. The number of nitrogens with zero attached hydrogens (tertiary/aromatic N) is 2. The van der Waals surface area contributed by atoms with Gasteiger partial charge in [0.05, 0.1) is 13.1 Å². The number of carbonyl (C=O) groups excluding carboxylic acids is 1. The molecule has 0 aromatic carbocycles. The quantitative estimate of drug-likeness (QED) is 0.835. The predicted molar refractivity (Wildman–Crippen MR) is 70.1 cm³/mol. The molecule has 1 aromatic rings. The van der Waals surface area contributed by atoms with Crippen molar-refractivity contribution in [3.05, 3.63) is 22.4 Å². The molecule has 1 saturated heterocycles. The first kappa shape index (κ1) is 12.5. The number of nitrogens with one attached hydrogen (secondary N) is 1. The fourth-order valence-corrected chi connectivity index (χ4v) is 2.53. The lowest BCUT2D eigenvalue weighted by molar-refractivity contribution is -0.132. The zero-order valence-corrected chi connectivity index (χ0v) is 11.2. The maximum absolute atomic E-state index is 12.0.